The van der Waals surface area contributed by atoms with Crippen LogP contribution in [-0.2, 0) is 20.7 Å². The van der Waals surface area contributed by atoms with Crippen molar-refractivity contribution in [3.8, 4) is 5.75 Å². The number of fused-ring (bicyclic) bond motifs is 1. The van der Waals surface area contributed by atoms with Crippen LogP contribution in [0, 0.1) is 0 Å². The van der Waals surface area contributed by atoms with Gasteiger partial charge in [0.1, 0.15) is 12.1 Å². The van der Waals surface area contributed by atoms with Crippen LogP contribution < -0.4 is 20.6 Å². The van der Waals surface area contributed by atoms with Crippen molar-refractivity contribution in [1.29, 1.82) is 0 Å². The quantitative estimate of drug-likeness (QED) is 0.235. The molecule has 0 bridgehead atoms. The predicted octanol–water partition coefficient (Wildman–Crippen LogP) is 1.41. The molecule has 1 heterocycles. The molecule has 1 aromatic heterocycles. The maximum Gasteiger partial charge on any atom is 0.295 e. The fourth-order valence-electron chi connectivity index (χ4n) is 2.70. The lowest BCUT2D eigenvalue weighted by molar-refractivity contribution is -0.655. The van der Waals surface area contributed by atoms with Gasteiger partial charge < -0.3 is 10.6 Å². The normalized spacial score (nSPS) is 11.6. The number of aryl methyl sites for hydroxylation is 2. The molecule has 0 atom stereocenters. The standard InChI is InChI=1S/C18H21N6O/c1-23-16-5-3-4-6-17(16)24(2)18(23)12-25-15-9-7-14(8-10-15)11-21-22-13-20-19/h3-11,13H,12,19H2,1-2H3,(H,20,22)/q+1/b21-11-. The maximum atomic E-state index is 5.94. The second-order valence-electron chi connectivity index (χ2n) is 5.55. The number of benzene rings is 2. The third kappa shape index (κ3) is 3.60. The van der Waals surface area contributed by atoms with E-state index in [0.717, 1.165) is 17.1 Å². The first-order valence-corrected chi connectivity index (χ1v) is 7.86. The summed E-state index contributed by atoms with van der Waals surface area (Å²) >= 11 is 0. The van der Waals surface area contributed by atoms with Crippen molar-refractivity contribution in [1.82, 2.24) is 9.99 Å². The van der Waals surface area contributed by atoms with Gasteiger partial charge in [-0.05, 0) is 42.0 Å². The lowest BCUT2D eigenvalue weighted by atomic mass is 10.2. The summed E-state index contributed by atoms with van der Waals surface area (Å²) in [5.74, 6) is 6.87. The van der Waals surface area contributed by atoms with Gasteiger partial charge in [-0.3, -0.25) is 5.43 Å². The number of para-hydroxylation sites is 2. The minimum Gasteiger partial charge on any atom is -0.481 e. The summed E-state index contributed by atoms with van der Waals surface area (Å²) in [7, 11) is 4.11. The van der Waals surface area contributed by atoms with Crippen LogP contribution in [0.3, 0.4) is 0 Å². The monoisotopic (exact) mass is 337 g/mol. The Kier molecular flexibility index (Phi) is 4.94. The van der Waals surface area contributed by atoms with E-state index in [9.17, 15) is 0 Å². The van der Waals surface area contributed by atoms with Crippen LogP contribution in [0.4, 0.5) is 0 Å². The zero-order chi connectivity index (χ0) is 17.6. The number of ether oxygens (including phenoxy) is 1. The number of aromatic nitrogens is 2. The van der Waals surface area contributed by atoms with E-state index in [1.165, 1.54) is 17.4 Å². The van der Waals surface area contributed by atoms with Gasteiger partial charge in [0.2, 0.25) is 0 Å². The number of imidazole rings is 1. The molecular weight excluding hydrogens is 316 g/mol. The van der Waals surface area contributed by atoms with Crippen LogP contribution in [0.25, 0.3) is 11.0 Å². The molecule has 0 fully saturated rings. The van der Waals surface area contributed by atoms with Crippen LogP contribution >= 0.6 is 0 Å². The predicted molar refractivity (Wildman–Crippen MR) is 98.3 cm³/mol. The Hall–Kier alpha value is -3.35. The molecular formula is C18H21N6O+. The van der Waals surface area contributed by atoms with Crippen LogP contribution in [0.15, 0.2) is 58.7 Å². The summed E-state index contributed by atoms with van der Waals surface area (Å²) in [4.78, 5) is 0. The van der Waals surface area contributed by atoms with Crippen molar-refractivity contribution in [3.05, 3.63) is 59.9 Å². The third-order valence-electron chi connectivity index (χ3n) is 4.05. The van der Waals surface area contributed by atoms with Crippen molar-refractivity contribution in [2.24, 2.45) is 30.1 Å². The zero-order valence-electron chi connectivity index (χ0n) is 14.3. The van der Waals surface area contributed by atoms with Crippen molar-refractivity contribution in [2.45, 2.75) is 6.61 Å². The summed E-state index contributed by atoms with van der Waals surface area (Å²) in [5.41, 5.74) is 5.90. The van der Waals surface area contributed by atoms with Gasteiger partial charge in [-0.25, -0.2) is 9.13 Å². The lowest BCUT2D eigenvalue weighted by Gasteiger charge is -2.05. The van der Waals surface area contributed by atoms with Crippen LogP contribution in [0.2, 0.25) is 0 Å². The zero-order valence-corrected chi connectivity index (χ0v) is 14.3. The van der Waals surface area contributed by atoms with Gasteiger partial charge in [0.15, 0.2) is 17.6 Å². The van der Waals surface area contributed by atoms with E-state index in [1.807, 2.05) is 36.4 Å². The summed E-state index contributed by atoms with van der Waals surface area (Å²) in [6.07, 6.45) is 2.98. The van der Waals surface area contributed by atoms with E-state index >= 15 is 0 Å². The number of nitrogens with two attached hydrogens (primary N) is 1. The van der Waals surface area contributed by atoms with Gasteiger partial charge in [0, 0.05) is 0 Å². The third-order valence-corrected chi connectivity index (χ3v) is 4.05. The van der Waals surface area contributed by atoms with Gasteiger partial charge in [-0.1, -0.05) is 12.1 Å². The first-order valence-electron chi connectivity index (χ1n) is 7.86. The van der Waals surface area contributed by atoms with Gasteiger partial charge >= 0.3 is 0 Å². The Balaban J connectivity index is 1.69. The summed E-state index contributed by atoms with van der Waals surface area (Å²) in [5, 5.41) is 7.24. The SMILES string of the molecule is Cn1c(COc2ccc(/C=N\NC=NN)cc2)[n+](C)c2ccccc21. The average molecular weight is 337 g/mol. The highest BCUT2D eigenvalue weighted by Gasteiger charge is 2.19. The number of hydrogen-bond acceptors (Lipinski definition) is 4. The summed E-state index contributed by atoms with van der Waals surface area (Å²) in [6.45, 7) is 0.490. The Morgan fingerprint density at radius 2 is 1.96 bits per heavy atom. The van der Waals surface area contributed by atoms with E-state index in [2.05, 4.69) is 51.0 Å². The van der Waals surface area contributed by atoms with Crippen molar-refractivity contribution < 1.29 is 9.30 Å². The maximum absolute atomic E-state index is 5.94. The molecule has 3 aromatic rings. The van der Waals surface area contributed by atoms with Gasteiger partial charge in [0.05, 0.1) is 20.3 Å². The molecule has 25 heavy (non-hydrogen) atoms. The highest BCUT2D eigenvalue weighted by Crippen LogP contribution is 2.16. The molecule has 0 aliphatic heterocycles. The van der Waals surface area contributed by atoms with Crippen molar-refractivity contribution in [3.63, 3.8) is 0 Å². The van der Waals surface area contributed by atoms with Gasteiger partial charge in [-0.2, -0.15) is 10.2 Å². The average Bonchev–Trinajstić information content (AvgIpc) is 2.89. The van der Waals surface area contributed by atoms with Crippen LogP contribution in [0.5, 0.6) is 5.75 Å². The number of nitrogens with zero attached hydrogens (tertiary/aromatic N) is 4. The van der Waals surface area contributed by atoms with E-state index < -0.39 is 0 Å². The number of nitrogens with one attached hydrogen (secondary N) is 1. The van der Waals surface area contributed by atoms with E-state index in [-0.39, 0.29) is 0 Å². The Labute approximate surface area is 146 Å². The number of rotatable bonds is 6. The van der Waals surface area contributed by atoms with Gasteiger partial charge in [0.25, 0.3) is 5.82 Å². The molecule has 0 radical (unpaired) electrons. The molecule has 0 amide bonds. The lowest BCUT2D eigenvalue weighted by Crippen LogP contribution is -2.33. The smallest absolute Gasteiger partial charge is 0.295 e. The number of hydrogen-bond donors (Lipinski definition) is 2. The Bertz CT molecular complexity index is 872. The van der Waals surface area contributed by atoms with Gasteiger partial charge in [-0.15, -0.1) is 0 Å². The topological polar surface area (TPSA) is 80.8 Å². The Morgan fingerprint density at radius 3 is 2.68 bits per heavy atom. The summed E-state index contributed by atoms with van der Waals surface area (Å²) in [6, 6.07) is 16.0. The van der Waals surface area contributed by atoms with Crippen LogP contribution in [0.1, 0.15) is 11.4 Å². The van der Waals surface area contributed by atoms with Crippen molar-refractivity contribution >= 4 is 23.6 Å². The molecule has 0 saturated heterocycles. The second-order valence-corrected chi connectivity index (χ2v) is 5.55. The largest absolute Gasteiger partial charge is 0.481 e. The molecule has 0 unspecified atom stereocenters. The minimum atomic E-state index is 0.490. The molecule has 0 aliphatic carbocycles. The Morgan fingerprint density at radius 1 is 1.20 bits per heavy atom. The first-order chi connectivity index (χ1) is 12.2. The fraction of sp³-hybridized carbons (Fsp3) is 0.167. The van der Waals surface area contributed by atoms with E-state index in [4.69, 9.17) is 10.6 Å². The highest BCUT2D eigenvalue weighted by atomic mass is 16.5. The van der Waals surface area contributed by atoms with Crippen LogP contribution in [-0.4, -0.2) is 17.1 Å². The highest BCUT2D eigenvalue weighted by molar-refractivity contribution is 5.80. The first kappa shape index (κ1) is 16.5. The van der Waals surface area contributed by atoms with E-state index in [1.54, 1.807) is 6.21 Å². The molecule has 7 nitrogen and oxygen atoms in total. The molecule has 0 spiro atoms. The second kappa shape index (κ2) is 7.48. The number of hydrazone groups is 2. The fourth-order valence-corrected chi connectivity index (χ4v) is 2.70. The molecule has 7 heteroatoms. The van der Waals surface area contributed by atoms with E-state index in [0.29, 0.717) is 6.61 Å². The molecule has 3 N–H and O–H groups in total. The minimum absolute atomic E-state index is 0.490. The molecule has 128 valence electrons. The summed E-state index contributed by atoms with van der Waals surface area (Å²) < 4.78 is 10.2. The molecule has 0 saturated carbocycles. The molecule has 3 rings (SSSR count). The van der Waals surface area contributed by atoms with Crippen molar-refractivity contribution in [2.75, 3.05) is 0 Å². The molecule has 0 aliphatic rings. The molecule has 2 aromatic carbocycles.